The number of pyridine rings is 1. The van der Waals surface area contributed by atoms with Crippen LogP contribution >= 0.6 is 0 Å². The monoisotopic (exact) mass is 348 g/mol. The molecular formula is C19H28N2O4. The summed E-state index contributed by atoms with van der Waals surface area (Å²) in [4.78, 5) is 29.5. The summed E-state index contributed by atoms with van der Waals surface area (Å²) in [5, 5.41) is 0. The molecule has 0 saturated carbocycles. The number of ether oxygens (including phenoxy) is 2. The first-order valence-electron chi connectivity index (χ1n) is 8.51. The fraction of sp³-hybridized carbons (Fsp3) is 0.526. The molecule has 1 aliphatic heterocycles. The summed E-state index contributed by atoms with van der Waals surface area (Å²) in [6, 6.07) is 1.79. The van der Waals surface area contributed by atoms with E-state index in [1.165, 1.54) is 13.3 Å². The van der Waals surface area contributed by atoms with Crippen molar-refractivity contribution in [2.75, 3.05) is 20.2 Å². The van der Waals surface area contributed by atoms with Crippen LogP contribution in [0.3, 0.4) is 0 Å². The maximum absolute atomic E-state index is 12.1. The molecule has 2 heterocycles. The van der Waals surface area contributed by atoms with E-state index in [0.717, 1.165) is 11.1 Å². The van der Waals surface area contributed by atoms with Gasteiger partial charge in [0.2, 0.25) is 0 Å². The third-order valence-electron chi connectivity index (χ3n) is 3.43. The van der Waals surface area contributed by atoms with E-state index in [4.69, 9.17) is 9.47 Å². The summed E-state index contributed by atoms with van der Waals surface area (Å²) < 4.78 is 10.2. The van der Waals surface area contributed by atoms with Crippen LogP contribution in [-0.2, 0) is 9.47 Å². The zero-order chi connectivity index (χ0) is 19.0. The fourth-order valence-corrected chi connectivity index (χ4v) is 2.35. The van der Waals surface area contributed by atoms with Gasteiger partial charge in [-0.25, -0.2) is 9.59 Å². The molecular weight excluding hydrogens is 320 g/mol. The van der Waals surface area contributed by atoms with Gasteiger partial charge in [0.25, 0.3) is 0 Å². The second kappa shape index (κ2) is 9.20. The number of nitrogens with zero attached hydrogens (tertiary/aromatic N) is 2. The SMILES string of the molecule is CC.COC(=O)c1cnccc1C1=CCN(C(=O)OC(C)(C)C)CC1. The molecule has 0 spiro atoms. The average Bonchev–Trinajstić information content (AvgIpc) is 2.61. The lowest BCUT2D eigenvalue weighted by molar-refractivity contribution is 0.0270. The third-order valence-corrected chi connectivity index (χ3v) is 3.43. The molecule has 0 bridgehead atoms. The normalized spacial score (nSPS) is 14.0. The molecule has 6 nitrogen and oxygen atoms in total. The maximum Gasteiger partial charge on any atom is 0.410 e. The van der Waals surface area contributed by atoms with Crippen LogP contribution in [-0.4, -0.2) is 47.7 Å². The lowest BCUT2D eigenvalue weighted by atomic mass is 9.96. The van der Waals surface area contributed by atoms with Gasteiger partial charge >= 0.3 is 12.1 Å². The molecule has 138 valence electrons. The highest BCUT2D eigenvalue weighted by molar-refractivity contribution is 5.95. The molecule has 0 saturated heterocycles. The Morgan fingerprint density at radius 3 is 2.44 bits per heavy atom. The van der Waals surface area contributed by atoms with Crippen LogP contribution in [0.5, 0.6) is 0 Å². The molecule has 0 fully saturated rings. The van der Waals surface area contributed by atoms with Gasteiger partial charge in [-0.2, -0.15) is 0 Å². The van der Waals surface area contributed by atoms with Crippen LogP contribution in [0.1, 0.15) is 57.0 Å². The van der Waals surface area contributed by atoms with Crippen molar-refractivity contribution in [3.63, 3.8) is 0 Å². The highest BCUT2D eigenvalue weighted by atomic mass is 16.6. The summed E-state index contributed by atoms with van der Waals surface area (Å²) in [7, 11) is 1.35. The number of carbonyl (C=O) groups is 2. The van der Waals surface area contributed by atoms with Crippen LogP contribution in [0.25, 0.3) is 5.57 Å². The molecule has 1 amide bonds. The number of hydrogen-bond acceptors (Lipinski definition) is 5. The largest absolute Gasteiger partial charge is 0.465 e. The number of carbonyl (C=O) groups excluding carboxylic acids is 2. The molecule has 0 radical (unpaired) electrons. The van der Waals surface area contributed by atoms with Crippen LogP contribution < -0.4 is 0 Å². The first-order chi connectivity index (χ1) is 11.8. The molecule has 1 aliphatic rings. The van der Waals surface area contributed by atoms with E-state index in [2.05, 4.69) is 4.98 Å². The van der Waals surface area contributed by atoms with Crippen LogP contribution in [0.15, 0.2) is 24.5 Å². The molecule has 0 aliphatic carbocycles. The Hall–Kier alpha value is -2.37. The molecule has 0 atom stereocenters. The van der Waals surface area contributed by atoms with Crippen LogP contribution in [0.4, 0.5) is 4.79 Å². The molecule has 25 heavy (non-hydrogen) atoms. The minimum Gasteiger partial charge on any atom is -0.465 e. The van der Waals surface area contributed by atoms with Crippen molar-refractivity contribution >= 4 is 17.6 Å². The van der Waals surface area contributed by atoms with Gasteiger partial charge in [-0.1, -0.05) is 19.9 Å². The van der Waals surface area contributed by atoms with Crippen molar-refractivity contribution in [1.29, 1.82) is 0 Å². The fourth-order valence-electron chi connectivity index (χ4n) is 2.35. The molecule has 0 unspecified atom stereocenters. The Labute approximate surface area is 149 Å². The standard InChI is InChI=1S/C17H22N2O4.C2H6/c1-17(2,3)23-16(21)19-9-6-12(7-10-19)13-5-8-18-11-14(13)15(20)22-4;1-2/h5-6,8,11H,7,9-10H2,1-4H3;1-2H3. The Morgan fingerprint density at radius 2 is 1.92 bits per heavy atom. The van der Waals surface area contributed by atoms with Gasteiger partial charge < -0.3 is 14.4 Å². The number of methoxy groups -OCH3 is 1. The number of hydrogen-bond donors (Lipinski definition) is 0. The highest BCUT2D eigenvalue weighted by Crippen LogP contribution is 2.26. The second-order valence-corrected chi connectivity index (χ2v) is 6.32. The number of amides is 1. The molecule has 6 heteroatoms. The van der Waals surface area contributed by atoms with E-state index in [9.17, 15) is 9.59 Å². The Balaban J connectivity index is 0.00000151. The van der Waals surface area contributed by atoms with E-state index in [1.54, 1.807) is 17.2 Å². The predicted molar refractivity (Wildman–Crippen MR) is 97.3 cm³/mol. The van der Waals surface area contributed by atoms with Crippen LogP contribution in [0.2, 0.25) is 0 Å². The number of esters is 1. The zero-order valence-corrected chi connectivity index (χ0v) is 16.0. The summed E-state index contributed by atoms with van der Waals surface area (Å²) in [5.41, 5.74) is 1.74. The van der Waals surface area contributed by atoms with Gasteiger partial charge in [0.05, 0.1) is 12.7 Å². The highest BCUT2D eigenvalue weighted by Gasteiger charge is 2.25. The lowest BCUT2D eigenvalue weighted by Gasteiger charge is -2.29. The first kappa shape index (κ1) is 20.7. The predicted octanol–water partition coefficient (Wildman–Crippen LogP) is 3.92. The second-order valence-electron chi connectivity index (χ2n) is 6.32. The first-order valence-corrected chi connectivity index (χ1v) is 8.51. The van der Waals surface area contributed by atoms with Gasteiger partial charge in [-0.3, -0.25) is 4.98 Å². The van der Waals surface area contributed by atoms with E-state index >= 15 is 0 Å². The van der Waals surface area contributed by atoms with Crippen molar-refractivity contribution in [2.24, 2.45) is 0 Å². The number of rotatable bonds is 2. The van der Waals surface area contributed by atoms with Crippen molar-refractivity contribution < 1.29 is 19.1 Å². The van der Waals surface area contributed by atoms with E-state index in [0.29, 0.717) is 25.1 Å². The van der Waals surface area contributed by atoms with Gasteiger partial charge in [0.1, 0.15) is 5.60 Å². The van der Waals surface area contributed by atoms with Crippen molar-refractivity contribution in [1.82, 2.24) is 9.88 Å². The summed E-state index contributed by atoms with van der Waals surface area (Å²) >= 11 is 0. The molecule has 2 rings (SSSR count). The topological polar surface area (TPSA) is 68.7 Å². The molecule has 0 aromatic carbocycles. The Bertz CT molecular complexity index is 633. The smallest absolute Gasteiger partial charge is 0.410 e. The van der Waals surface area contributed by atoms with Crippen molar-refractivity contribution in [3.05, 3.63) is 35.7 Å². The summed E-state index contributed by atoms with van der Waals surface area (Å²) in [5.74, 6) is -0.413. The van der Waals surface area contributed by atoms with Crippen molar-refractivity contribution in [3.8, 4) is 0 Å². The van der Waals surface area contributed by atoms with E-state index in [-0.39, 0.29) is 6.09 Å². The van der Waals surface area contributed by atoms with Gasteiger partial charge in [-0.15, -0.1) is 0 Å². The maximum atomic E-state index is 12.1. The molecule has 1 aromatic heterocycles. The quantitative estimate of drug-likeness (QED) is 0.758. The van der Waals surface area contributed by atoms with Gasteiger partial charge in [0.15, 0.2) is 0 Å². The molecule has 1 aromatic rings. The zero-order valence-electron chi connectivity index (χ0n) is 16.0. The average molecular weight is 348 g/mol. The third kappa shape index (κ3) is 5.89. The minimum absolute atomic E-state index is 0.323. The summed E-state index contributed by atoms with van der Waals surface area (Å²) in [6.07, 6.45) is 5.41. The molecule has 0 N–H and O–H groups in total. The van der Waals surface area contributed by atoms with Crippen molar-refractivity contribution in [2.45, 2.75) is 46.6 Å². The van der Waals surface area contributed by atoms with Gasteiger partial charge in [0, 0.05) is 25.5 Å². The Kier molecular flexibility index (Phi) is 7.61. The van der Waals surface area contributed by atoms with E-state index < -0.39 is 11.6 Å². The number of aromatic nitrogens is 1. The lowest BCUT2D eigenvalue weighted by Crippen LogP contribution is -2.39. The van der Waals surface area contributed by atoms with Crippen LogP contribution in [0, 0.1) is 0 Å². The van der Waals surface area contributed by atoms with Gasteiger partial charge in [-0.05, 0) is 44.4 Å². The van der Waals surface area contributed by atoms with E-state index in [1.807, 2.05) is 40.7 Å². The summed E-state index contributed by atoms with van der Waals surface area (Å²) in [6.45, 7) is 10.5. The minimum atomic E-state index is -0.510. The Morgan fingerprint density at radius 1 is 1.24 bits per heavy atom.